The lowest BCUT2D eigenvalue weighted by atomic mass is 10.2. The van der Waals surface area contributed by atoms with Gasteiger partial charge >= 0.3 is 0 Å². The molecule has 2 amide bonds. The van der Waals surface area contributed by atoms with E-state index in [2.05, 4.69) is 4.98 Å². The highest BCUT2D eigenvalue weighted by Crippen LogP contribution is 2.19. The molecule has 2 rings (SSSR count). The molecule has 1 aliphatic rings. The molecule has 1 saturated heterocycles. The Morgan fingerprint density at radius 2 is 2.39 bits per heavy atom. The summed E-state index contributed by atoms with van der Waals surface area (Å²) in [6.07, 6.45) is 1.70. The number of likely N-dealkylation sites (tertiary alicyclic amines) is 1. The van der Waals surface area contributed by atoms with Crippen LogP contribution in [0.5, 0.6) is 0 Å². The van der Waals surface area contributed by atoms with Gasteiger partial charge in [0.25, 0.3) is 0 Å². The summed E-state index contributed by atoms with van der Waals surface area (Å²) in [6, 6.07) is -0.454. The first-order valence-electron chi connectivity index (χ1n) is 5.70. The number of nitrogens with two attached hydrogens (primary N) is 1. The summed E-state index contributed by atoms with van der Waals surface area (Å²) >= 11 is 7.07. The van der Waals surface area contributed by atoms with Crippen LogP contribution in [0, 0.1) is 0 Å². The van der Waals surface area contributed by atoms with Crippen molar-refractivity contribution in [3.8, 4) is 0 Å². The highest BCUT2D eigenvalue weighted by molar-refractivity contribution is 7.09. The van der Waals surface area contributed by atoms with Crippen LogP contribution in [0.15, 0.2) is 5.38 Å². The van der Waals surface area contributed by atoms with E-state index in [0.717, 1.165) is 17.1 Å². The fraction of sp³-hybridized carbons (Fsp3) is 0.545. The molecule has 2 N–H and O–H groups in total. The monoisotopic (exact) mass is 287 g/mol. The fourth-order valence-electron chi connectivity index (χ4n) is 2.08. The predicted molar refractivity (Wildman–Crippen MR) is 69.3 cm³/mol. The van der Waals surface area contributed by atoms with Crippen molar-refractivity contribution in [2.75, 3.05) is 6.54 Å². The Morgan fingerprint density at radius 3 is 3.00 bits per heavy atom. The highest BCUT2D eigenvalue weighted by atomic mass is 35.5. The number of aromatic nitrogens is 1. The maximum absolute atomic E-state index is 12.1. The number of primary amides is 1. The Labute approximate surface area is 114 Å². The van der Waals surface area contributed by atoms with E-state index in [9.17, 15) is 9.59 Å². The lowest BCUT2D eigenvalue weighted by Crippen LogP contribution is -2.44. The van der Waals surface area contributed by atoms with Gasteiger partial charge in [-0.05, 0) is 12.8 Å². The first-order chi connectivity index (χ1) is 8.61. The molecule has 1 unspecified atom stereocenters. The number of hydrogen-bond acceptors (Lipinski definition) is 4. The van der Waals surface area contributed by atoms with Crippen molar-refractivity contribution in [3.05, 3.63) is 16.1 Å². The second-order valence-corrected chi connectivity index (χ2v) is 5.40. The second kappa shape index (κ2) is 5.67. The number of rotatable bonds is 4. The molecule has 0 aromatic carbocycles. The minimum Gasteiger partial charge on any atom is -0.368 e. The van der Waals surface area contributed by atoms with E-state index in [1.807, 2.05) is 5.38 Å². The lowest BCUT2D eigenvalue weighted by molar-refractivity contribution is -0.136. The van der Waals surface area contributed by atoms with Gasteiger partial charge in [0.2, 0.25) is 11.8 Å². The minimum atomic E-state index is -0.454. The van der Waals surface area contributed by atoms with Gasteiger partial charge in [0.1, 0.15) is 11.0 Å². The zero-order valence-corrected chi connectivity index (χ0v) is 11.3. The van der Waals surface area contributed by atoms with E-state index >= 15 is 0 Å². The van der Waals surface area contributed by atoms with Gasteiger partial charge in [0, 0.05) is 11.9 Å². The number of amides is 2. The first-order valence-corrected chi connectivity index (χ1v) is 7.11. The van der Waals surface area contributed by atoms with Crippen molar-refractivity contribution >= 4 is 34.8 Å². The van der Waals surface area contributed by atoms with Crippen molar-refractivity contribution in [3.63, 3.8) is 0 Å². The molecule has 98 valence electrons. The van der Waals surface area contributed by atoms with Crippen molar-refractivity contribution in [1.82, 2.24) is 9.88 Å². The third-order valence-electron chi connectivity index (χ3n) is 2.94. The maximum Gasteiger partial charge on any atom is 0.240 e. The summed E-state index contributed by atoms with van der Waals surface area (Å²) in [5.41, 5.74) is 6.06. The van der Waals surface area contributed by atoms with Crippen LogP contribution in [-0.2, 0) is 21.9 Å². The predicted octanol–water partition coefficient (Wildman–Crippen LogP) is 0.901. The first kappa shape index (κ1) is 13.3. The van der Waals surface area contributed by atoms with E-state index in [1.54, 1.807) is 4.90 Å². The molecule has 1 aromatic heterocycles. The van der Waals surface area contributed by atoms with Crippen molar-refractivity contribution in [2.45, 2.75) is 31.2 Å². The van der Waals surface area contributed by atoms with Crippen LogP contribution in [0.25, 0.3) is 0 Å². The Morgan fingerprint density at radius 1 is 1.61 bits per heavy atom. The number of carbonyl (C=O) groups is 2. The third-order valence-corrected chi connectivity index (χ3v) is 4.11. The molecule has 0 aliphatic carbocycles. The average molecular weight is 288 g/mol. The Bertz CT molecular complexity index is 463. The molecule has 18 heavy (non-hydrogen) atoms. The molecule has 1 aromatic rings. The molecule has 0 saturated carbocycles. The van der Waals surface area contributed by atoms with Gasteiger partial charge in [0.15, 0.2) is 0 Å². The maximum atomic E-state index is 12.1. The third kappa shape index (κ3) is 2.81. The summed E-state index contributed by atoms with van der Waals surface area (Å²) < 4.78 is 0. The largest absolute Gasteiger partial charge is 0.368 e. The van der Waals surface area contributed by atoms with Gasteiger partial charge in [-0.15, -0.1) is 22.9 Å². The molecule has 1 fully saturated rings. The molecule has 5 nitrogen and oxygen atoms in total. The van der Waals surface area contributed by atoms with Gasteiger partial charge < -0.3 is 10.6 Å². The van der Waals surface area contributed by atoms with Crippen molar-refractivity contribution in [1.29, 1.82) is 0 Å². The smallest absolute Gasteiger partial charge is 0.240 e. The summed E-state index contributed by atoms with van der Waals surface area (Å²) in [5.74, 6) is -0.175. The zero-order chi connectivity index (χ0) is 13.1. The Balaban J connectivity index is 2.01. The second-order valence-electron chi connectivity index (χ2n) is 4.19. The standard InChI is InChI=1S/C11H14ClN3O2S/c12-5-7-6-18-9(14-7)4-10(16)15-3-1-2-8(15)11(13)17/h6,8H,1-5H2,(H2,13,17). The van der Waals surface area contributed by atoms with Gasteiger partial charge in [-0.1, -0.05) is 0 Å². The molecule has 7 heteroatoms. The molecule has 0 bridgehead atoms. The fourth-order valence-corrected chi connectivity index (χ4v) is 3.10. The zero-order valence-electron chi connectivity index (χ0n) is 9.76. The number of hydrogen-bond donors (Lipinski definition) is 1. The summed E-state index contributed by atoms with van der Waals surface area (Å²) in [6.45, 7) is 0.597. The molecule has 0 spiro atoms. The summed E-state index contributed by atoms with van der Waals surface area (Å²) in [4.78, 5) is 29.1. The van der Waals surface area contributed by atoms with Gasteiger partial charge in [-0.3, -0.25) is 9.59 Å². The van der Waals surface area contributed by atoms with Crippen LogP contribution in [0.3, 0.4) is 0 Å². The van der Waals surface area contributed by atoms with Crippen LogP contribution in [-0.4, -0.2) is 34.3 Å². The number of carbonyl (C=O) groups excluding carboxylic acids is 2. The average Bonchev–Trinajstić information content (AvgIpc) is 2.96. The van der Waals surface area contributed by atoms with Crippen LogP contribution in [0.2, 0.25) is 0 Å². The van der Waals surface area contributed by atoms with Crippen molar-refractivity contribution < 1.29 is 9.59 Å². The molecular formula is C11H14ClN3O2S. The topological polar surface area (TPSA) is 76.3 Å². The molecule has 0 radical (unpaired) electrons. The number of alkyl halides is 1. The van der Waals surface area contributed by atoms with E-state index in [4.69, 9.17) is 17.3 Å². The van der Waals surface area contributed by atoms with Crippen LogP contribution in [0.4, 0.5) is 0 Å². The molecule has 2 heterocycles. The molecule has 1 aliphatic heterocycles. The number of nitrogens with zero attached hydrogens (tertiary/aromatic N) is 2. The minimum absolute atomic E-state index is 0.0910. The normalized spacial score (nSPS) is 19.2. The SMILES string of the molecule is NC(=O)C1CCCN1C(=O)Cc1nc(CCl)cs1. The van der Waals surface area contributed by atoms with Gasteiger partial charge in [-0.25, -0.2) is 4.98 Å². The number of halogens is 1. The highest BCUT2D eigenvalue weighted by Gasteiger charge is 2.32. The number of thiazole rings is 1. The van der Waals surface area contributed by atoms with Crippen LogP contribution >= 0.6 is 22.9 Å². The quantitative estimate of drug-likeness (QED) is 0.836. The Hall–Kier alpha value is -1.14. The van der Waals surface area contributed by atoms with E-state index in [1.165, 1.54) is 11.3 Å². The van der Waals surface area contributed by atoms with E-state index in [0.29, 0.717) is 18.8 Å². The molecular weight excluding hydrogens is 274 g/mol. The summed E-state index contributed by atoms with van der Waals surface area (Å²) in [7, 11) is 0. The molecule has 1 atom stereocenters. The van der Waals surface area contributed by atoms with E-state index in [-0.39, 0.29) is 12.3 Å². The Kier molecular flexibility index (Phi) is 4.19. The van der Waals surface area contributed by atoms with Crippen LogP contribution < -0.4 is 5.73 Å². The van der Waals surface area contributed by atoms with Crippen LogP contribution in [0.1, 0.15) is 23.5 Å². The van der Waals surface area contributed by atoms with E-state index < -0.39 is 11.9 Å². The lowest BCUT2D eigenvalue weighted by Gasteiger charge is -2.21. The van der Waals surface area contributed by atoms with Gasteiger partial charge in [-0.2, -0.15) is 0 Å². The van der Waals surface area contributed by atoms with Gasteiger partial charge in [0.05, 0.1) is 18.0 Å². The van der Waals surface area contributed by atoms with Crippen molar-refractivity contribution in [2.24, 2.45) is 5.73 Å². The summed E-state index contributed by atoms with van der Waals surface area (Å²) in [5, 5.41) is 2.57.